The molecule has 0 amide bonds. The molecule has 130 valence electrons. The van der Waals surface area contributed by atoms with Crippen molar-refractivity contribution in [2.45, 2.75) is 10.1 Å². The number of nitrogens with one attached hydrogen (secondary N) is 1. The fourth-order valence-corrected chi connectivity index (χ4v) is 3.76. The summed E-state index contributed by atoms with van der Waals surface area (Å²) in [7, 11) is 0. The predicted molar refractivity (Wildman–Crippen MR) is 98.9 cm³/mol. The van der Waals surface area contributed by atoms with E-state index in [4.69, 9.17) is 4.52 Å². The summed E-state index contributed by atoms with van der Waals surface area (Å²) < 4.78 is 19.2. The quantitative estimate of drug-likeness (QED) is 0.479. The average molecular weight is 385 g/mol. The summed E-state index contributed by atoms with van der Waals surface area (Å²) in [5.41, 5.74) is 1.51. The predicted octanol–water partition coefficient (Wildman–Crippen LogP) is 4.76. The van der Waals surface area contributed by atoms with Crippen molar-refractivity contribution >= 4 is 33.9 Å². The molecule has 0 aliphatic carbocycles. The van der Waals surface area contributed by atoms with Crippen molar-refractivity contribution in [1.82, 2.24) is 20.3 Å². The van der Waals surface area contributed by atoms with Gasteiger partial charge in [-0.15, -0.1) is 10.2 Å². The highest BCUT2D eigenvalue weighted by Crippen LogP contribution is 2.30. The molecule has 4 rings (SSSR count). The number of hydrogen-bond donors (Lipinski definition) is 1. The fourth-order valence-electron chi connectivity index (χ4n) is 2.15. The summed E-state index contributed by atoms with van der Waals surface area (Å²) in [6, 6.07) is 15.8. The molecule has 0 radical (unpaired) electrons. The van der Waals surface area contributed by atoms with Gasteiger partial charge in [0.25, 0.3) is 5.89 Å². The van der Waals surface area contributed by atoms with Gasteiger partial charge in [0.15, 0.2) is 10.2 Å². The van der Waals surface area contributed by atoms with Crippen molar-refractivity contribution in [1.29, 1.82) is 0 Å². The molecule has 0 fully saturated rings. The Labute approximate surface area is 156 Å². The molecule has 0 aliphatic heterocycles. The average Bonchev–Trinajstić information content (AvgIpc) is 3.30. The largest absolute Gasteiger partial charge is 0.334 e. The first-order valence-corrected chi connectivity index (χ1v) is 9.43. The maximum Gasteiger partial charge on any atom is 0.257 e. The molecule has 6 nitrogen and oxygen atoms in total. The molecule has 1 N–H and O–H groups in total. The Kier molecular flexibility index (Phi) is 4.89. The monoisotopic (exact) mass is 385 g/mol. The Morgan fingerprint density at radius 2 is 1.96 bits per heavy atom. The van der Waals surface area contributed by atoms with Crippen LogP contribution in [0.25, 0.3) is 11.5 Å². The van der Waals surface area contributed by atoms with Crippen molar-refractivity contribution in [3.63, 3.8) is 0 Å². The third kappa shape index (κ3) is 4.06. The third-order valence-electron chi connectivity index (χ3n) is 3.30. The molecule has 26 heavy (non-hydrogen) atoms. The van der Waals surface area contributed by atoms with Gasteiger partial charge in [0.1, 0.15) is 5.82 Å². The lowest BCUT2D eigenvalue weighted by Crippen LogP contribution is -1.89. The Balaban J connectivity index is 1.37. The van der Waals surface area contributed by atoms with Crippen LogP contribution in [0.5, 0.6) is 0 Å². The molecule has 4 aromatic rings. The molecular weight excluding hydrogens is 373 g/mol. The van der Waals surface area contributed by atoms with Crippen LogP contribution in [0.3, 0.4) is 0 Å². The van der Waals surface area contributed by atoms with E-state index in [1.807, 2.05) is 30.3 Å². The number of thioether (sulfide) groups is 1. The summed E-state index contributed by atoms with van der Waals surface area (Å²) in [6.07, 6.45) is 0. The number of nitrogens with zero attached hydrogens (tertiary/aromatic N) is 4. The zero-order chi connectivity index (χ0) is 17.8. The standard InChI is InChI=1S/C17H12FN5OS2/c18-12-7-4-8-13(9-12)19-16-21-22-17(26-16)25-10-14-20-15(24-23-14)11-5-2-1-3-6-11/h1-9H,10H2,(H,19,21). The Hall–Kier alpha value is -2.78. The van der Waals surface area contributed by atoms with E-state index in [9.17, 15) is 4.39 Å². The van der Waals surface area contributed by atoms with Gasteiger partial charge >= 0.3 is 0 Å². The van der Waals surface area contributed by atoms with E-state index in [2.05, 4.69) is 25.7 Å². The van der Waals surface area contributed by atoms with Gasteiger partial charge in [0.2, 0.25) is 5.13 Å². The van der Waals surface area contributed by atoms with Gasteiger partial charge < -0.3 is 9.84 Å². The summed E-state index contributed by atoms with van der Waals surface area (Å²) in [6.45, 7) is 0. The van der Waals surface area contributed by atoms with Gasteiger partial charge in [-0.1, -0.05) is 52.5 Å². The lowest BCUT2D eigenvalue weighted by atomic mass is 10.2. The van der Waals surface area contributed by atoms with E-state index in [0.717, 1.165) is 9.90 Å². The van der Waals surface area contributed by atoms with Crippen LogP contribution in [0.15, 0.2) is 63.5 Å². The molecule has 0 aliphatic rings. The van der Waals surface area contributed by atoms with E-state index in [0.29, 0.717) is 28.3 Å². The molecule has 0 unspecified atom stereocenters. The van der Waals surface area contributed by atoms with E-state index in [-0.39, 0.29) is 5.82 Å². The van der Waals surface area contributed by atoms with Crippen molar-refractivity contribution in [2.24, 2.45) is 0 Å². The molecule has 0 saturated heterocycles. The maximum absolute atomic E-state index is 13.2. The number of benzene rings is 2. The maximum atomic E-state index is 13.2. The highest BCUT2D eigenvalue weighted by Gasteiger charge is 2.11. The normalized spacial score (nSPS) is 10.8. The molecule has 0 atom stereocenters. The van der Waals surface area contributed by atoms with Crippen molar-refractivity contribution in [3.05, 3.63) is 66.2 Å². The van der Waals surface area contributed by atoms with Crippen molar-refractivity contribution in [3.8, 4) is 11.5 Å². The molecular formula is C17H12FN5OS2. The second kappa shape index (κ2) is 7.63. The summed E-state index contributed by atoms with van der Waals surface area (Å²) >= 11 is 2.84. The number of hydrogen-bond acceptors (Lipinski definition) is 8. The lowest BCUT2D eigenvalue weighted by molar-refractivity contribution is 0.425. The minimum absolute atomic E-state index is 0.305. The lowest BCUT2D eigenvalue weighted by Gasteiger charge is -2.00. The van der Waals surface area contributed by atoms with Gasteiger partial charge in [0.05, 0.1) is 5.75 Å². The van der Waals surface area contributed by atoms with E-state index in [1.165, 1.54) is 35.2 Å². The van der Waals surface area contributed by atoms with Crippen LogP contribution in [-0.2, 0) is 5.75 Å². The highest BCUT2D eigenvalue weighted by atomic mass is 32.2. The smallest absolute Gasteiger partial charge is 0.257 e. The fraction of sp³-hybridized carbons (Fsp3) is 0.0588. The third-order valence-corrected chi connectivity index (χ3v) is 5.26. The number of aromatic nitrogens is 4. The zero-order valence-corrected chi connectivity index (χ0v) is 14.9. The summed E-state index contributed by atoms with van der Waals surface area (Å²) in [5.74, 6) is 1.29. The van der Waals surface area contributed by atoms with E-state index in [1.54, 1.807) is 12.1 Å². The molecule has 0 bridgehead atoms. The van der Waals surface area contributed by atoms with Crippen LogP contribution in [0.2, 0.25) is 0 Å². The molecule has 2 aromatic heterocycles. The van der Waals surface area contributed by atoms with Gasteiger partial charge in [0, 0.05) is 11.3 Å². The Morgan fingerprint density at radius 1 is 1.08 bits per heavy atom. The molecule has 2 heterocycles. The first-order chi connectivity index (χ1) is 12.8. The minimum Gasteiger partial charge on any atom is -0.334 e. The van der Waals surface area contributed by atoms with E-state index < -0.39 is 0 Å². The van der Waals surface area contributed by atoms with Crippen LogP contribution < -0.4 is 5.32 Å². The second-order valence-electron chi connectivity index (χ2n) is 5.18. The topological polar surface area (TPSA) is 76.7 Å². The van der Waals surface area contributed by atoms with Crippen molar-refractivity contribution in [2.75, 3.05) is 5.32 Å². The number of rotatable bonds is 6. The highest BCUT2D eigenvalue weighted by molar-refractivity contribution is 8.00. The summed E-state index contributed by atoms with van der Waals surface area (Å²) in [5, 5.41) is 15.8. The van der Waals surface area contributed by atoms with Gasteiger partial charge in [-0.3, -0.25) is 0 Å². The van der Waals surface area contributed by atoms with Crippen LogP contribution in [0.1, 0.15) is 5.82 Å². The Morgan fingerprint density at radius 3 is 2.81 bits per heavy atom. The van der Waals surface area contributed by atoms with Crippen LogP contribution in [-0.4, -0.2) is 20.3 Å². The van der Waals surface area contributed by atoms with Gasteiger partial charge in [-0.25, -0.2) is 4.39 Å². The first-order valence-electron chi connectivity index (χ1n) is 7.63. The molecule has 2 aromatic carbocycles. The minimum atomic E-state index is -0.305. The van der Waals surface area contributed by atoms with Crippen LogP contribution in [0, 0.1) is 5.82 Å². The summed E-state index contributed by atoms with van der Waals surface area (Å²) in [4.78, 5) is 4.38. The SMILES string of the molecule is Fc1cccc(Nc2nnc(SCc3noc(-c4ccccc4)n3)s2)c1. The van der Waals surface area contributed by atoms with Crippen LogP contribution in [0.4, 0.5) is 15.2 Å². The van der Waals surface area contributed by atoms with Gasteiger partial charge in [-0.2, -0.15) is 4.98 Å². The Bertz CT molecular complexity index is 1010. The van der Waals surface area contributed by atoms with Gasteiger partial charge in [-0.05, 0) is 30.3 Å². The van der Waals surface area contributed by atoms with Crippen LogP contribution >= 0.6 is 23.1 Å². The van der Waals surface area contributed by atoms with Crippen molar-refractivity contribution < 1.29 is 8.91 Å². The molecule has 0 saturated carbocycles. The number of anilines is 2. The second-order valence-corrected chi connectivity index (χ2v) is 7.38. The molecule has 0 spiro atoms. The molecule has 9 heteroatoms. The van der Waals surface area contributed by atoms with E-state index >= 15 is 0 Å². The number of halogens is 1. The zero-order valence-electron chi connectivity index (χ0n) is 13.3. The first kappa shape index (κ1) is 16.7.